The van der Waals surface area contributed by atoms with Gasteiger partial charge in [0.05, 0.1) is 19.1 Å². The normalized spacial score (nSPS) is 13.9. The first-order chi connectivity index (χ1) is 12.9. The summed E-state index contributed by atoms with van der Waals surface area (Å²) in [7, 11) is 1.54. The fraction of sp³-hybridized carbons (Fsp3) is 0.273. The van der Waals surface area contributed by atoms with Crippen molar-refractivity contribution in [3.8, 4) is 5.75 Å². The SMILES string of the molecule is C=CC(CC(=O)NC(C)(CC(=O)O)c1cccc(OC)c1)c1ccccc1. The van der Waals surface area contributed by atoms with Gasteiger partial charge < -0.3 is 15.2 Å². The molecular weight excluding hydrogens is 342 g/mol. The van der Waals surface area contributed by atoms with Crippen LogP contribution in [0.15, 0.2) is 67.3 Å². The van der Waals surface area contributed by atoms with Crippen molar-refractivity contribution in [2.24, 2.45) is 0 Å². The highest BCUT2D eigenvalue weighted by Gasteiger charge is 2.32. The van der Waals surface area contributed by atoms with Crippen LogP contribution in [0.2, 0.25) is 0 Å². The third kappa shape index (κ3) is 5.45. The van der Waals surface area contributed by atoms with Crippen molar-refractivity contribution in [3.63, 3.8) is 0 Å². The molecule has 142 valence electrons. The number of rotatable bonds is 9. The molecule has 0 bridgehead atoms. The fourth-order valence-electron chi connectivity index (χ4n) is 3.08. The molecule has 2 aromatic rings. The number of ether oxygens (including phenoxy) is 1. The Labute approximate surface area is 159 Å². The van der Waals surface area contributed by atoms with Crippen LogP contribution < -0.4 is 10.1 Å². The quantitative estimate of drug-likeness (QED) is 0.660. The highest BCUT2D eigenvalue weighted by molar-refractivity contribution is 5.79. The Morgan fingerprint density at radius 1 is 1.22 bits per heavy atom. The number of benzene rings is 2. The zero-order valence-corrected chi connectivity index (χ0v) is 15.6. The molecule has 0 radical (unpaired) electrons. The van der Waals surface area contributed by atoms with E-state index in [4.69, 9.17) is 4.74 Å². The lowest BCUT2D eigenvalue weighted by Gasteiger charge is -2.31. The highest BCUT2D eigenvalue weighted by atomic mass is 16.5. The number of amides is 1. The lowest BCUT2D eigenvalue weighted by Crippen LogP contribution is -2.45. The fourth-order valence-corrected chi connectivity index (χ4v) is 3.08. The summed E-state index contributed by atoms with van der Waals surface area (Å²) >= 11 is 0. The third-order valence-electron chi connectivity index (χ3n) is 4.54. The van der Waals surface area contributed by atoms with Crippen molar-refractivity contribution < 1.29 is 19.4 Å². The van der Waals surface area contributed by atoms with E-state index in [9.17, 15) is 14.7 Å². The summed E-state index contributed by atoms with van der Waals surface area (Å²) in [5.41, 5.74) is 0.608. The maximum absolute atomic E-state index is 12.7. The van der Waals surface area contributed by atoms with Gasteiger partial charge in [0.1, 0.15) is 5.75 Å². The first kappa shape index (κ1) is 20.2. The van der Waals surface area contributed by atoms with Crippen LogP contribution in [0, 0.1) is 0 Å². The van der Waals surface area contributed by atoms with Gasteiger partial charge in [0.25, 0.3) is 0 Å². The van der Waals surface area contributed by atoms with Gasteiger partial charge in [-0.1, -0.05) is 48.5 Å². The number of methoxy groups -OCH3 is 1. The van der Waals surface area contributed by atoms with Crippen LogP contribution in [0.4, 0.5) is 0 Å². The number of hydrogen-bond donors (Lipinski definition) is 2. The first-order valence-corrected chi connectivity index (χ1v) is 8.73. The molecule has 2 atom stereocenters. The summed E-state index contributed by atoms with van der Waals surface area (Å²) in [6, 6.07) is 16.7. The van der Waals surface area contributed by atoms with E-state index in [-0.39, 0.29) is 24.7 Å². The zero-order valence-electron chi connectivity index (χ0n) is 15.6. The van der Waals surface area contributed by atoms with Crippen molar-refractivity contribution in [1.29, 1.82) is 0 Å². The Morgan fingerprint density at radius 3 is 2.52 bits per heavy atom. The lowest BCUT2D eigenvalue weighted by molar-refractivity contribution is -0.139. The summed E-state index contributed by atoms with van der Waals surface area (Å²) in [5.74, 6) is -0.781. The Hall–Kier alpha value is -3.08. The molecule has 2 rings (SSSR count). The van der Waals surface area contributed by atoms with Gasteiger partial charge in [-0.05, 0) is 30.2 Å². The molecule has 0 aliphatic rings. The molecule has 0 aliphatic heterocycles. The van der Waals surface area contributed by atoms with Gasteiger partial charge >= 0.3 is 5.97 Å². The maximum atomic E-state index is 12.7. The Balaban J connectivity index is 2.23. The van der Waals surface area contributed by atoms with Crippen molar-refractivity contribution in [3.05, 3.63) is 78.4 Å². The number of carboxylic acid groups (broad SMARTS) is 1. The molecule has 0 saturated heterocycles. The minimum atomic E-state index is -1.06. The molecule has 5 nitrogen and oxygen atoms in total. The monoisotopic (exact) mass is 367 g/mol. The van der Waals surface area contributed by atoms with Crippen molar-refractivity contribution in [1.82, 2.24) is 5.32 Å². The predicted molar refractivity (Wildman–Crippen MR) is 105 cm³/mol. The predicted octanol–water partition coefficient (Wildman–Crippen LogP) is 3.86. The summed E-state index contributed by atoms with van der Waals surface area (Å²) in [4.78, 5) is 24.2. The summed E-state index contributed by atoms with van der Waals surface area (Å²) in [5, 5.41) is 12.3. The van der Waals surface area contributed by atoms with Crippen molar-refractivity contribution in [2.75, 3.05) is 7.11 Å². The Bertz CT molecular complexity index is 803. The molecule has 0 aliphatic carbocycles. The Kier molecular flexibility index (Phi) is 6.77. The van der Waals surface area contributed by atoms with Crippen LogP contribution >= 0.6 is 0 Å². The van der Waals surface area contributed by atoms with Gasteiger partial charge in [0.15, 0.2) is 0 Å². The van der Waals surface area contributed by atoms with E-state index in [0.717, 1.165) is 5.56 Å². The molecule has 0 spiro atoms. The van der Waals surface area contributed by atoms with E-state index >= 15 is 0 Å². The number of allylic oxidation sites excluding steroid dienone is 1. The minimum absolute atomic E-state index is 0.148. The second kappa shape index (κ2) is 9.03. The van der Waals surface area contributed by atoms with E-state index in [1.54, 1.807) is 44.4 Å². The number of carbonyl (C=O) groups is 2. The average Bonchev–Trinajstić information content (AvgIpc) is 2.66. The van der Waals surface area contributed by atoms with Gasteiger partial charge in [-0.2, -0.15) is 0 Å². The van der Waals surface area contributed by atoms with E-state index in [1.165, 1.54) is 0 Å². The summed E-state index contributed by atoms with van der Waals surface area (Å²) < 4.78 is 5.23. The van der Waals surface area contributed by atoms with Crippen LogP contribution in [0.3, 0.4) is 0 Å². The van der Waals surface area contributed by atoms with E-state index in [0.29, 0.717) is 11.3 Å². The van der Waals surface area contributed by atoms with Gasteiger partial charge in [-0.25, -0.2) is 0 Å². The topological polar surface area (TPSA) is 75.6 Å². The molecule has 0 saturated carbocycles. The van der Waals surface area contributed by atoms with Gasteiger partial charge in [0.2, 0.25) is 5.91 Å². The number of carbonyl (C=O) groups excluding carboxylic acids is 1. The zero-order chi connectivity index (χ0) is 19.9. The largest absolute Gasteiger partial charge is 0.497 e. The minimum Gasteiger partial charge on any atom is -0.497 e. The number of nitrogens with one attached hydrogen (secondary N) is 1. The van der Waals surface area contributed by atoms with Crippen LogP contribution in [0.5, 0.6) is 5.75 Å². The van der Waals surface area contributed by atoms with E-state index < -0.39 is 11.5 Å². The van der Waals surface area contributed by atoms with Crippen LogP contribution in [0.1, 0.15) is 36.8 Å². The van der Waals surface area contributed by atoms with Crippen molar-refractivity contribution >= 4 is 11.9 Å². The average molecular weight is 367 g/mol. The van der Waals surface area contributed by atoms with Crippen LogP contribution in [-0.4, -0.2) is 24.1 Å². The van der Waals surface area contributed by atoms with Crippen molar-refractivity contribution in [2.45, 2.75) is 31.2 Å². The second-order valence-corrected chi connectivity index (χ2v) is 6.64. The van der Waals surface area contributed by atoms with Crippen LogP contribution in [-0.2, 0) is 15.1 Å². The molecule has 2 unspecified atom stereocenters. The molecule has 1 amide bonds. The first-order valence-electron chi connectivity index (χ1n) is 8.73. The van der Waals surface area contributed by atoms with Crippen LogP contribution in [0.25, 0.3) is 0 Å². The third-order valence-corrected chi connectivity index (χ3v) is 4.54. The molecule has 27 heavy (non-hydrogen) atoms. The van der Waals surface area contributed by atoms with E-state index in [2.05, 4.69) is 11.9 Å². The molecular formula is C22H25NO4. The number of aliphatic carboxylic acids is 1. The molecule has 0 aromatic heterocycles. The number of carboxylic acids is 1. The summed E-state index contributed by atoms with van der Waals surface area (Å²) in [6.07, 6.45) is 1.68. The molecule has 0 heterocycles. The highest BCUT2D eigenvalue weighted by Crippen LogP contribution is 2.29. The molecule has 0 fully saturated rings. The summed E-state index contributed by atoms with van der Waals surface area (Å²) in [6.45, 7) is 5.53. The van der Waals surface area contributed by atoms with Gasteiger partial charge in [0, 0.05) is 12.3 Å². The van der Waals surface area contributed by atoms with Gasteiger partial charge in [-0.15, -0.1) is 6.58 Å². The smallest absolute Gasteiger partial charge is 0.306 e. The molecule has 2 aromatic carbocycles. The molecule has 5 heteroatoms. The Morgan fingerprint density at radius 2 is 1.93 bits per heavy atom. The van der Waals surface area contributed by atoms with E-state index in [1.807, 2.05) is 30.3 Å². The standard InChI is InChI=1S/C22H25NO4/c1-4-16(17-9-6-5-7-10-17)13-20(24)23-22(2,15-21(25)26)18-11-8-12-19(14-18)27-3/h4-12,14,16H,1,13,15H2,2-3H3,(H,23,24)(H,25,26). The van der Waals surface area contributed by atoms with Gasteiger partial charge in [-0.3, -0.25) is 9.59 Å². The maximum Gasteiger partial charge on any atom is 0.306 e. The second-order valence-electron chi connectivity index (χ2n) is 6.64. The number of hydrogen-bond acceptors (Lipinski definition) is 3. The molecule has 2 N–H and O–H groups in total. The lowest BCUT2D eigenvalue weighted by atomic mass is 9.87.